The minimum Gasteiger partial charge on any atom is -0.394 e. The Hall–Kier alpha value is -0.410. The third-order valence-electron chi connectivity index (χ3n) is 3.44. The van der Waals surface area contributed by atoms with Crippen LogP contribution in [-0.4, -0.2) is 111 Å². The van der Waals surface area contributed by atoms with Crippen LogP contribution in [0.1, 0.15) is 0 Å². The standard InChI is InChI=1S/C10H21NO10S/c12-3-7(16)9-10(17)6(15)2-11(9)1-5(14)8(4-13)21-22(18,19)20/h5-10,12-17H,1-4H2,(H,18,19,20)/t5-,6-,7-,8+,9-,10+/m0/s1. The Balaban J connectivity index is 2.77. The number of hydrogen-bond donors (Lipinski definition) is 7. The second-order valence-corrected chi connectivity index (χ2v) is 6.11. The molecule has 1 fully saturated rings. The first-order valence-corrected chi connectivity index (χ1v) is 7.81. The lowest BCUT2D eigenvalue weighted by molar-refractivity contribution is -0.0538. The van der Waals surface area contributed by atoms with E-state index in [0.29, 0.717) is 0 Å². The van der Waals surface area contributed by atoms with Crippen LogP contribution in [0.4, 0.5) is 0 Å². The average molecular weight is 347 g/mol. The van der Waals surface area contributed by atoms with Crippen LogP contribution < -0.4 is 0 Å². The van der Waals surface area contributed by atoms with Crippen molar-refractivity contribution in [2.24, 2.45) is 0 Å². The number of β-amino-alcohol motifs (C(OH)–C–C–N with tert-alkyl or cyclic N) is 2. The van der Waals surface area contributed by atoms with Crippen molar-refractivity contribution >= 4 is 10.4 Å². The Morgan fingerprint density at radius 3 is 2.23 bits per heavy atom. The normalized spacial score (nSPS) is 31.1. The van der Waals surface area contributed by atoms with E-state index in [1.807, 2.05) is 0 Å². The number of hydrogen-bond acceptors (Lipinski definition) is 10. The summed E-state index contributed by atoms with van der Waals surface area (Å²) in [4.78, 5) is 1.22. The fourth-order valence-corrected chi connectivity index (χ4v) is 2.92. The fourth-order valence-electron chi connectivity index (χ4n) is 2.42. The molecule has 132 valence electrons. The van der Waals surface area contributed by atoms with Crippen LogP contribution in [0, 0.1) is 0 Å². The topological polar surface area (TPSA) is 188 Å². The zero-order valence-electron chi connectivity index (χ0n) is 11.5. The Morgan fingerprint density at radius 1 is 1.18 bits per heavy atom. The van der Waals surface area contributed by atoms with E-state index < -0.39 is 66.7 Å². The summed E-state index contributed by atoms with van der Waals surface area (Å²) in [6.07, 6.45) is -7.32. The van der Waals surface area contributed by atoms with Gasteiger partial charge in [0.05, 0.1) is 43.7 Å². The van der Waals surface area contributed by atoms with Crippen molar-refractivity contribution in [3.8, 4) is 0 Å². The maximum Gasteiger partial charge on any atom is 0.397 e. The summed E-state index contributed by atoms with van der Waals surface area (Å²) in [5.41, 5.74) is 0. The molecular weight excluding hydrogens is 326 g/mol. The average Bonchev–Trinajstić information content (AvgIpc) is 2.69. The monoisotopic (exact) mass is 347 g/mol. The van der Waals surface area contributed by atoms with E-state index in [9.17, 15) is 28.8 Å². The van der Waals surface area contributed by atoms with Gasteiger partial charge in [-0.15, -0.1) is 0 Å². The highest BCUT2D eigenvalue weighted by atomic mass is 32.3. The molecule has 0 aliphatic carbocycles. The molecule has 0 unspecified atom stereocenters. The molecule has 1 saturated heterocycles. The van der Waals surface area contributed by atoms with E-state index in [2.05, 4.69) is 4.18 Å². The van der Waals surface area contributed by atoms with Crippen LogP contribution in [0.5, 0.6) is 0 Å². The van der Waals surface area contributed by atoms with Crippen LogP contribution in [0.2, 0.25) is 0 Å². The van der Waals surface area contributed by atoms with Gasteiger partial charge in [0.15, 0.2) is 0 Å². The van der Waals surface area contributed by atoms with Crippen LogP contribution in [0.25, 0.3) is 0 Å². The zero-order chi connectivity index (χ0) is 17.1. The summed E-state index contributed by atoms with van der Waals surface area (Å²) in [6, 6.07) is -1.10. The SMILES string of the molecule is O=S(=O)(O)O[C@H](CO)[C@@H](O)CN1C[C@H](O)[C@@H](O)[C@@H]1[C@@H](O)CO. The minimum absolute atomic E-state index is 0.163. The van der Waals surface area contributed by atoms with Crippen LogP contribution in [-0.2, 0) is 14.6 Å². The van der Waals surface area contributed by atoms with Gasteiger partial charge >= 0.3 is 10.4 Å². The molecule has 0 bridgehead atoms. The fraction of sp³-hybridized carbons (Fsp3) is 1.00. The first-order chi connectivity index (χ1) is 10.1. The highest BCUT2D eigenvalue weighted by Crippen LogP contribution is 2.22. The second kappa shape index (κ2) is 7.92. The van der Waals surface area contributed by atoms with E-state index in [1.54, 1.807) is 0 Å². The minimum atomic E-state index is -4.90. The maximum absolute atomic E-state index is 10.6. The van der Waals surface area contributed by atoms with Crippen molar-refractivity contribution in [1.29, 1.82) is 0 Å². The van der Waals surface area contributed by atoms with Crippen LogP contribution in [0.3, 0.4) is 0 Å². The maximum atomic E-state index is 10.6. The molecule has 0 amide bonds. The van der Waals surface area contributed by atoms with E-state index in [1.165, 1.54) is 4.90 Å². The molecule has 1 heterocycles. The Labute approximate surface area is 126 Å². The van der Waals surface area contributed by atoms with Gasteiger partial charge in [-0.25, -0.2) is 4.18 Å². The predicted octanol–water partition coefficient (Wildman–Crippen LogP) is -4.71. The molecule has 11 nitrogen and oxygen atoms in total. The zero-order valence-corrected chi connectivity index (χ0v) is 12.3. The number of nitrogens with zero attached hydrogens (tertiary/aromatic N) is 1. The predicted molar refractivity (Wildman–Crippen MR) is 70.0 cm³/mol. The quantitative estimate of drug-likeness (QED) is 0.209. The van der Waals surface area contributed by atoms with E-state index in [-0.39, 0.29) is 6.54 Å². The number of aliphatic hydroxyl groups excluding tert-OH is 6. The number of aliphatic hydroxyl groups is 6. The van der Waals surface area contributed by atoms with E-state index in [4.69, 9.17) is 14.8 Å². The molecule has 1 aliphatic rings. The van der Waals surface area contributed by atoms with Gasteiger partial charge < -0.3 is 30.6 Å². The number of rotatable bonds is 8. The molecule has 0 aromatic carbocycles. The largest absolute Gasteiger partial charge is 0.397 e. The van der Waals surface area contributed by atoms with E-state index in [0.717, 1.165) is 0 Å². The lowest BCUT2D eigenvalue weighted by Crippen LogP contribution is -2.51. The van der Waals surface area contributed by atoms with Crippen LogP contribution in [0.15, 0.2) is 0 Å². The van der Waals surface area contributed by atoms with Gasteiger partial charge in [-0.3, -0.25) is 9.45 Å². The first-order valence-electron chi connectivity index (χ1n) is 6.44. The molecule has 0 radical (unpaired) electrons. The first kappa shape index (κ1) is 19.6. The summed E-state index contributed by atoms with van der Waals surface area (Å²) in [7, 11) is -4.90. The summed E-state index contributed by atoms with van der Waals surface area (Å²) >= 11 is 0. The number of likely N-dealkylation sites (tertiary alicyclic amines) is 1. The van der Waals surface area contributed by atoms with Gasteiger partial charge in [-0.2, -0.15) is 8.42 Å². The lowest BCUT2D eigenvalue weighted by atomic mass is 10.0. The highest BCUT2D eigenvalue weighted by Gasteiger charge is 2.44. The summed E-state index contributed by atoms with van der Waals surface area (Å²) in [5, 5.41) is 56.8. The third kappa shape index (κ3) is 5.06. The van der Waals surface area contributed by atoms with Crippen molar-refractivity contribution < 1.29 is 47.8 Å². The molecule has 1 rings (SSSR count). The molecule has 12 heteroatoms. The molecule has 1 aliphatic heterocycles. The van der Waals surface area contributed by atoms with E-state index >= 15 is 0 Å². The van der Waals surface area contributed by atoms with Crippen LogP contribution >= 0.6 is 0 Å². The lowest BCUT2D eigenvalue weighted by Gasteiger charge is -2.31. The summed E-state index contributed by atoms with van der Waals surface area (Å²) in [6.45, 7) is -2.18. The van der Waals surface area contributed by atoms with Gasteiger partial charge in [0.2, 0.25) is 0 Å². The van der Waals surface area contributed by atoms with Crippen molar-refractivity contribution in [2.75, 3.05) is 26.3 Å². The van der Waals surface area contributed by atoms with Crippen molar-refractivity contribution in [2.45, 2.75) is 36.6 Å². The van der Waals surface area contributed by atoms with Gasteiger partial charge in [0.1, 0.15) is 6.10 Å². The molecule has 0 saturated carbocycles. The molecule has 0 aromatic heterocycles. The summed E-state index contributed by atoms with van der Waals surface area (Å²) in [5.74, 6) is 0. The Bertz CT molecular complexity index is 445. The molecular formula is C10H21NO10S. The van der Waals surface area contributed by atoms with Gasteiger partial charge in [-0.05, 0) is 0 Å². The molecule has 7 N–H and O–H groups in total. The molecule has 6 atom stereocenters. The van der Waals surface area contributed by atoms with Crippen molar-refractivity contribution in [3.05, 3.63) is 0 Å². The van der Waals surface area contributed by atoms with Gasteiger partial charge in [0, 0.05) is 13.1 Å². The molecule has 0 aromatic rings. The second-order valence-electron chi connectivity index (χ2n) is 5.06. The summed E-state index contributed by atoms with van der Waals surface area (Å²) < 4.78 is 33.9. The Kier molecular flexibility index (Phi) is 7.07. The molecule has 0 spiro atoms. The van der Waals surface area contributed by atoms with Gasteiger partial charge in [0.25, 0.3) is 0 Å². The van der Waals surface area contributed by atoms with Gasteiger partial charge in [-0.1, -0.05) is 0 Å². The van der Waals surface area contributed by atoms with Crippen molar-refractivity contribution in [1.82, 2.24) is 4.90 Å². The smallest absolute Gasteiger partial charge is 0.394 e. The molecule has 22 heavy (non-hydrogen) atoms. The third-order valence-corrected chi connectivity index (χ3v) is 3.93. The van der Waals surface area contributed by atoms with Crippen molar-refractivity contribution in [3.63, 3.8) is 0 Å². The Morgan fingerprint density at radius 2 is 1.77 bits per heavy atom. The highest BCUT2D eigenvalue weighted by molar-refractivity contribution is 7.80.